The molecule has 4 rings (SSSR count). The van der Waals surface area contributed by atoms with E-state index in [4.69, 9.17) is 4.74 Å². The molecule has 2 aliphatic heterocycles. The van der Waals surface area contributed by atoms with Crippen molar-refractivity contribution in [2.24, 2.45) is 0 Å². The highest BCUT2D eigenvalue weighted by Gasteiger charge is 2.47. The molecule has 2 aromatic heterocycles. The normalized spacial score (nSPS) is 24.5. The molecule has 0 aliphatic carbocycles. The van der Waals surface area contributed by atoms with Crippen molar-refractivity contribution >= 4 is 28.8 Å². The maximum absolute atomic E-state index is 12.8. The minimum Gasteiger partial charge on any atom is -0.387 e. The zero-order valence-corrected chi connectivity index (χ0v) is 23.7. The van der Waals surface area contributed by atoms with Crippen molar-refractivity contribution in [1.29, 1.82) is 0 Å². The predicted molar refractivity (Wildman–Crippen MR) is 152 cm³/mol. The first-order chi connectivity index (χ1) is 20.0. The monoisotopic (exact) mass is 576 g/mol. The molecular formula is C26H44N10O5. The van der Waals surface area contributed by atoms with E-state index in [0.29, 0.717) is 62.4 Å². The van der Waals surface area contributed by atoms with E-state index in [1.165, 1.54) is 17.2 Å². The lowest BCUT2D eigenvalue weighted by molar-refractivity contribution is -0.137. The molecule has 0 spiro atoms. The summed E-state index contributed by atoms with van der Waals surface area (Å²) >= 11 is 0. The van der Waals surface area contributed by atoms with Crippen molar-refractivity contribution in [2.45, 2.75) is 57.1 Å². The quantitative estimate of drug-likeness (QED) is 0.157. The van der Waals surface area contributed by atoms with Crippen LogP contribution < -0.4 is 26.6 Å². The molecule has 0 aromatic carbocycles. The van der Waals surface area contributed by atoms with E-state index in [-0.39, 0.29) is 5.91 Å². The van der Waals surface area contributed by atoms with Crippen molar-refractivity contribution < 1.29 is 24.5 Å². The fraction of sp³-hybridized carbons (Fsp3) is 0.731. The second kappa shape index (κ2) is 15.9. The largest absolute Gasteiger partial charge is 0.387 e. The van der Waals surface area contributed by atoms with Crippen molar-refractivity contribution in [1.82, 2.24) is 45.7 Å². The van der Waals surface area contributed by atoms with Crippen LogP contribution in [0.1, 0.15) is 38.8 Å². The number of amides is 2. The van der Waals surface area contributed by atoms with Gasteiger partial charge in [-0.3, -0.25) is 14.2 Å². The summed E-state index contributed by atoms with van der Waals surface area (Å²) < 4.78 is 7.31. The first-order valence-electron chi connectivity index (χ1n) is 14.6. The number of unbranched alkanes of at least 4 members (excludes halogenated alkanes) is 1. The summed E-state index contributed by atoms with van der Waals surface area (Å²) in [5.41, 5.74) is 0.924. The molecule has 4 unspecified atom stereocenters. The number of aliphatic hydroxyl groups is 2. The SMILES string of the molecule is CCCNc1ncnc2c1ncn2C1OC(C(=O)NCCCCC(=O)N2CCNCCNCCNCC2)C(O)C1O. The van der Waals surface area contributed by atoms with Gasteiger partial charge in [0.25, 0.3) is 5.91 Å². The van der Waals surface area contributed by atoms with Gasteiger partial charge in [0.05, 0.1) is 6.33 Å². The van der Waals surface area contributed by atoms with Crippen LogP contribution in [0.2, 0.25) is 0 Å². The number of ether oxygens (including phenoxy) is 1. The lowest BCUT2D eigenvalue weighted by Gasteiger charge is -2.24. The third-order valence-corrected chi connectivity index (χ3v) is 7.22. The van der Waals surface area contributed by atoms with Gasteiger partial charge in [0.15, 0.2) is 29.3 Å². The van der Waals surface area contributed by atoms with Gasteiger partial charge in [0.1, 0.15) is 18.5 Å². The van der Waals surface area contributed by atoms with Gasteiger partial charge in [-0.25, -0.2) is 15.0 Å². The Morgan fingerprint density at radius 2 is 1.68 bits per heavy atom. The van der Waals surface area contributed by atoms with E-state index in [2.05, 4.69) is 41.5 Å². The van der Waals surface area contributed by atoms with Crippen LogP contribution >= 0.6 is 0 Å². The number of imidazole rings is 1. The highest BCUT2D eigenvalue weighted by atomic mass is 16.6. The standard InChI is InChI=1S/C26H44N10O5/c1-2-6-30-23-19-24(33-16-32-23)36(17-34-19)26-21(39)20(38)22(41-26)25(40)31-7-4-3-5-18(37)35-14-12-28-10-8-27-9-11-29-13-15-35/h16-17,20-22,26-29,38-39H,2-15H2,1H3,(H,31,40)(H,30,32,33). The van der Waals surface area contributed by atoms with E-state index in [0.717, 1.165) is 45.7 Å². The van der Waals surface area contributed by atoms with Crippen molar-refractivity contribution in [3.8, 4) is 0 Å². The molecule has 2 aromatic rings. The zero-order valence-electron chi connectivity index (χ0n) is 23.7. The predicted octanol–water partition coefficient (Wildman–Crippen LogP) is -1.84. The molecular weight excluding hydrogens is 532 g/mol. The van der Waals surface area contributed by atoms with Crippen molar-refractivity contribution in [3.63, 3.8) is 0 Å². The van der Waals surface area contributed by atoms with Crippen molar-refractivity contribution in [3.05, 3.63) is 12.7 Å². The van der Waals surface area contributed by atoms with Gasteiger partial charge in [-0.05, 0) is 19.3 Å². The lowest BCUT2D eigenvalue weighted by atomic mass is 10.1. The highest BCUT2D eigenvalue weighted by Crippen LogP contribution is 2.32. The summed E-state index contributed by atoms with van der Waals surface area (Å²) in [6, 6.07) is 0. The first-order valence-corrected chi connectivity index (χ1v) is 14.6. The summed E-state index contributed by atoms with van der Waals surface area (Å²) in [5.74, 6) is 0.134. The molecule has 7 N–H and O–H groups in total. The van der Waals surface area contributed by atoms with Gasteiger partial charge in [-0.15, -0.1) is 0 Å². The maximum atomic E-state index is 12.8. The van der Waals surface area contributed by atoms with Gasteiger partial charge in [0.2, 0.25) is 5.91 Å². The number of carbonyl (C=O) groups is 2. The molecule has 0 saturated carbocycles. The number of nitrogens with one attached hydrogen (secondary N) is 5. The van der Waals surface area contributed by atoms with E-state index < -0.39 is 30.4 Å². The Balaban J connectivity index is 1.23. The molecule has 2 saturated heterocycles. The minimum absolute atomic E-state index is 0.0973. The smallest absolute Gasteiger partial charge is 0.252 e. The van der Waals surface area contributed by atoms with Crippen molar-refractivity contribution in [2.75, 3.05) is 70.8 Å². The van der Waals surface area contributed by atoms with Crippen LogP contribution in [0.3, 0.4) is 0 Å². The first kappa shape index (κ1) is 31.0. The van der Waals surface area contributed by atoms with Gasteiger partial charge in [0, 0.05) is 71.9 Å². The lowest BCUT2D eigenvalue weighted by Crippen LogP contribution is -2.44. The number of fused-ring (bicyclic) bond motifs is 1. The number of aromatic nitrogens is 4. The van der Waals surface area contributed by atoms with Gasteiger partial charge in [-0.1, -0.05) is 6.92 Å². The van der Waals surface area contributed by atoms with Crippen LogP contribution in [0.25, 0.3) is 11.2 Å². The van der Waals surface area contributed by atoms with E-state index >= 15 is 0 Å². The fourth-order valence-corrected chi connectivity index (χ4v) is 4.91. The number of anilines is 1. The molecule has 15 heteroatoms. The topological polar surface area (TPSA) is 191 Å². The summed E-state index contributed by atoms with van der Waals surface area (Å²) in [5, 5.41) is 37.3. The highest BCUT2D eigenvalue weighted by molar-refractivity contribution is 5.83. The Morgan fingerprint density at radius 3 is 2.39 bits per heavy atom. The summed E-state index contributed by atoms with van der Waals surface area (Å²) in [7, 11) is 0. The third kappa shape index (κ3) is 8.30. The Labute approximate surface area is 239 Å². The fourth-order valence-electron chi connectivity index (χ4n) is 4.91. The van der Waals surface area contributed by atoms with Crippen LogP contribution in [-0.4, -0.2) is 130 Å². The number of rotatable bonds is 10. The second-order valence-corrected chi connectivity index (χ2v) is 10.3. The van der Waals surface area contributed by atoms with E-state index in [9.17, 15) is 19.8 Å². The average Bonchev–Trinajstić information content (AvgIpc) is 3.52. The van der Waals surface area contributed by atoms with Crippen LogP contribution in [0.15, 0.2) is 12.7 Å². The average molecular weight is 577 g/mol. The molecule has 2 aliphatic rings. The van der Waals surface area contributed by atoms with Crippen LogP contribution in [0, 0.1) is 0 Å². The third-order valence-electron chi connectivity index (χ3n) is 7.22. The molecule has 0 radical (unpaired) electrons. The van der Waals surface area contributed by atoms with Gasteiger partial charge < -0.3 is 46.4 Å². The second-order valence-electron chi connectivity index (χ2n) is 10.3. The number of carbonyl (C=O) groups excluding carboxylic acids is 2. The van der Waals surface area contributed by atoms with E-state index in [1.807, 2.05) is 11.8 Å². The van der Waals surface area contributed by atoms with Crippen LogP contribution in [0.4, 0.5) is 5.82 Å². The van der Waals surface area contributed by atoms with Crippen LogP contribution in [0.5, 0.6) is 0 Å². The maximum Gasteiger partial charge on any atom is 0.252 e. The minimum atomic E-state index is -1.43. The van der Waals surface area contributed by atoms with Crippen LogP contribution in [-0.2, 0) is 14.3 Å². The van der Waals surface area contributed by atoms with E-state index in [1.54, 1.807) is 0 Å². The number of aliphatic hydroxyl groups excluding tert-OH is 2. The zero-order chi connectivity index (χ0) is 29.0. The molecule has 4 atom stereocenters. The number of nitrogens with zero attached hydrogens (tertiary/aromatic N) is 5. The molecule has 228 valence electrons. The molecule has 2 fully saturated rings. The Morgan fingerprint density at radius 1 is 0.976 bits per heavy atom. The molecule has 4 heterocycles. The summed E-state index contributed by atoms with van der Waals surface area (Å²) in [6.07, 6.45) is 0.268. The molecule has 15 nitrogen and oxygen atoms in total. The Hall–Kier alpha value is -2.95. The Bertz CT molecular complexity index is 1110. The van der Waals surface area contributed by atoms with Gasteiger partial charge >= 0.3 is 0 Å². The van der Waals surface area contributed by atoms with Gasteiger partial charge in [-0.2, -0.15) is 0 Å². The summed E-state index contributed by atoms with van der Waals surface area (Å²) in [4.78, 5) is 40.3. The number of hydrogen-bond donors (Lipinski definition) is 7. The number of hydrogen-bond acceptors (Lipinski definition) is 12. The Kier molecular flexibility index (Phi) is 12.0. The molecule has 2 amide bonds. The summed E-state index contributed by atoms with van der Waals surface area (Å²) in [6.45, 7) is 9.41. The molecule has 0 bridgehead atoms. The molecule has 41 heavy (non-hydrogen) atoms.